The number of allylic oxidation sites excluding steroid dienone is 2. The highest BCUT2D eigenvalue weighted by atomic mass is 32.1. The van der Waals surface area contributed by atoms with E-state index in [1.807, 2.05) is 54.6 Å². The van der Waals surface area contributed by atoms with Crippen LogP contribution in [-0.2, 0) is 11.4 Å². The molecule has 8 heteroatoms. The molecule has 3 heterocycles. The number of Topliss-reactive ketones (excluding diaryl/α,β-unsaturated/α-hetero) is 1. The van der Waals surface area contributed by atoms with Crippen LogP contribution in [0.2, 0.25) is 0 Å². The molecule has 2 aliphatic rings. The summed E-state index contributed by atoms with van der Waals surface area (Å²) in [6.07, 6.45) is 2.76. The van der Waals surface area contributed by atoms with Gasteiger partial charge in [-0.15, -0.1) is 11.3 Å². The fourth-order valence-electron chi connectivity index (χ4n) is 4.90. The predicted octanol–water partition coefficient (Wildman–Crippen LogP) is 5.34. The number of hydrogen-bond acceptors (Lipinski definition) is 7. The highest BCUT2D eigenvalue weighted by molar-refractivity contribution is 7.10. The summed E-state index contributed by atoms with van der Waals surface area (Å²) in [5.74, 6) is 2.20. The van der Waals surface area contributed by atoms with Gasteiger partial charge in [0.25, 0.3) is 0 Å². The molecule has 1 aliphatic heterocycles. The van der Waals surface area contributed by atoms with E-state index in [4.69, 9.17) is 9.47 Å². The van der Waals surface area contributed by atoms with Gasteiger partial charge < -0.3 is 14.8 Å². The number of nitrogens with one attached hydrogen (secondary N) is 1. The number of ketones is 1. The van der Waals surface area contributed by atoms with Crippen LogP contribution in [0.3, 0.4) is 0 Å². The van der Waals surface area contributed by atoms with Crippen LogP contribution >= 0.6 is 11.3 Å². The third kappa shape index (κ3) is 4.00. The summed E-state index contributed by atoms with van der Waals surface area (Å²) in [5, 5.41) is 9.90. The van der Waals surface area contributed by atoms with Crippen molar-refractivity contribution in [3.63, 3.8) is 0 Å². The van der Waals surface area contributed by atoms with Crippen molar-refractivity contribution in [2.75, 3.05) is 12.4 Å². The number of methoxy groups -OCH3 is 1. The van der Waals surface area contributed by atoms with Crippen LogP contribution in [0.5, 0.6) is 11.5 Å². The maximum Gasteiger partial charge on any atom is 0.226 e. The largest absolute Gasteiger partial charge is 0.493 e. The van der Waals surface area contributed by atoms with Crippen LogP contribution in [-0.4, -0.2) is 27.7 Å². The summed E-state index contributed by atoms with van der Waals surface area (Å²) in [7, 11) is 1.63. The summed E-state index contributed by atoms with van der Waals surface area (Å²) in [5.41, 5.74) is 3.63. The fourth-order valence-corrected chi connectivity index (χ4v) is 5.73. The molecular formula is C27H24N4O3S. The van der Waals surface area contributed by atoms with Crippen LogP contribution in [0.4, 0.5) is 5.95 Å². The first-order valence-corrected chi connectivity index (χ1v) is 12.4. The van der Waals surface area contributed by atoms with E-state index in [-0.39, 0.29) is 17.7 Å². The van der Waals surface area contributed by atoms with Gasteiger partial charge in [-0.05, 0) is 41.1 Å². The molecule has 4 aromatic rings. The number of nitrogens with zero attached hydrogens (tertiary/aromatic N) is 3. The molecule has 0 fully saturated rings. The number of fused-ring (bicyclic) bond motifs is 1. The molecule has 0 saturated heterocycles. The van der Waals surface area contributed by atoms with E-state index in [1.54, 1.807) is 23.1 Å². The molecule has 0 bridgehead atoms. The van der Waals surface area contributed by atoms with Crippen LogP contribution in [0.1, 0.15) is 40.8 Å². The van der Waals surface area contributed by atoms with Crippen molar-refractivity contribution in [1.29, 1.82) is 0 Å². The van der Waals surface area contributed by atoms with Gasteiger partial charge in [0, 0.05) is 28.5 Å². The number of thiophene rings is 1. The number of ether oxygens (including phenoxy) is 2. The van der Waals surface area contributed by atoms with Crippen LogP contribution in [0.25, 0.3) is 0 Å². The smallest absolute Gasteiger partial charge is 0.226 e. The summed E-state index contributed by atoms with van der Waals surface area (Å²) in [6.45, 7) is 0.414. The first-order valence-electron chi connectivity index (χ1n) is 11.5. The van der Waals surface area contributed by atoms with Crippen molar-refractivity contribution in [1.82, 2.24) is 14.8 Å². The van der Waals surface area contributed by atoms with Crippen molar-refractivity contribution in [3.8, 4) is 11.5 Å². The van der Waals surface area contributed by atoms with Crippen molar-refractivity contribution in [3.05, 3.63) is 99.6 Å². The molecule has 1 N–H and O–H groups in total. The summed E-state index contributed by atoms with van der Waals surface area (Å²) in [6, 6.07) is 19.6. The molecule has 6 rings (SSSR count). The van der Waals surface area contributed by atoms with E-state index in [0.29, 0.717) is 30.5 Å². The first kappa shape index (κ1) is 21.6. The molecule has 0 unspecified atom stereocenters. The minimum Gasteiger partial charge on any atom is -0.493 e. The Bertz CT molecular complexity index is 1400. The molecule has 7 nitrogen and oxygen atoms in total. The lowest BCUT2D eigenvalue weighted by Gasteiger charge is -2.35. The van der Waals surface area contributed by atoms with Gasteiger partial charge in [-0.2, -0.15) is 10.1 Å². The number of carbonyl (C=O) groups excluding carboxylic acids is 1. The standard InChI is InChI=1S/C27H24N4O3S/c1-33-22-10-9-18(14-23(22)34-15-17-6-3-2-4-7-17)26-25-20(30-27-28-16-29-31(26)27)12-19(13-21(25)32)24-8-5-11-35-24/h2-11,14,16,19,26H,12-13,15H2,1H3,(H,28,29,30)/t19-,26-/m0/s1. The summed E-state index contributed by atoms with van der Waals surface area (Å²) < 4.78 is 13.5. The van der Waals surface area contributed by atoms with E-state index < -0.39 is 0 Å². The number of rotatable bonds is 6. The Morgan fingerprint density at radius 3 is 2.77 bits per heavy atom. The molecule has 176 valence electrons. The zero-order valence-corrected chi connectivity index (χ0v) is 20.0. The monoisotopic (exact) mass is 484 g/mol. The lowest BCUT2D eigenvalue weighted by molar-refractivity contribution is -0.116. The van der Waals surface area contributed by atoms with Crippen LogP contribution < -0.4 is 14.8 Å². The minimum absolute atomic E-state index is 0.130. The van der Waals surface area contributed by atoms with Gasteiger partial charge in [-0.25, -0.2) is 4.68 Å². The van der Waals surface area contributed by atoms with E-state index in [2.05, 4.69) is 26.8 Å². The quantitative estimate of drug-likeness (QED) is 0.398. The van der Waals surface area contributed by atoms with Crippen LogP contribution in [0.15, 0.2) is 83.6 Å². The second kappa shape index (κ2) is 9.03. The molecule has 0 spiro atoms. The predicted molar refractivity (Wildman–Crippen MR) is 134 cm³/mol. The number of anilines is 1. The number of carbonyl (C=O) groups is 1. The van der Waals surface area contributed by atoms with Crippen molar-refractivity contribution in [2.24, 2.45) is 0 Å². The minimum atomic E-state index is -0.384. The second-order valence-corrected chi connectivity index (χ2v) is 9.66. The van der Waals surface area contributed by atoms with Gasteiger partial charge in [0.05, 0.1) is 7.11 Å². The topological polar surface area (TPSA) is 78.3 Å². The average molecular weight is 485 g/mol. The van der Waals surface area contributed by atoms with Crippen molar-refractivity contribution in [2.45, 2.75) is 31.4 Å². The first-order chi connectivity index (χ1) is 17.2. The lowest BCUT2D eigenvalue weighted by Crippen LogP contribution is -2.33. The van der Waals surface area contributed by atoms with E-state index in [1.165, 1.54) is 11.2 Å². The highest BCUT2D eigenvalue weighted by Gasteiger charge is 2.39. The molecule has 2 aromatic carbocycles. The molecule has 2 aromatic heterocycles. The Morgan fingerprint density at radius 1 is 1.09 bits per heavy atom. The maximum absolute atomic E-state index is 13.6. The van der Waals surface area contributed by atoms with E-state index >= 15 is 0 Å². The summed E-state index contributed by atoms with van der Waals surface area (Å²) in [4.78, 5) is 19.2. The average Bonchev–Trinajstić information content (AvgIpc) is 3.59. The third-order valence-electron chi connectivity index (χ3n) is 6.55. The Morgan fingerprint density at radius 2 is 1.97 bits per heavy atom. The Balaban J connectivity index is 1.38. The van der Waals surface area contributed by atoms with Crippen LogP contribution in [0, 0.1) is 0 Å². The maximum atomic E-state index is 13.6. The molecule has 0 saturated carbocycles. The summed E-state index contributed by atoms with van der Waals surface area (Å²) >= 11 is 1.70. The number of benzene rings is 2. The fraction of sp³-hybridized carbons (Fsp3) is 0.222. The molecule has 1 aliphatic carbocycles. The molecular weight excluding hydrogens is 460 g/mol. The van der Waals surface area contributed by atoms with E-state index in [9.17, 15) is 4.79 Å². The molecule has 35 heavy (non-hydrogen) atoms. The Labute approximate surface area is 207 Å². The number of hydrogen-bond donors (Lipinski definition) is 1. The number of aromatic nitrogens is 3. The normalized spacial score (nSPS) is 19.1. The zero-order valence-electron chi connectivity index (χ0n) is 19.2. The van der Waals surface area contributed by atoms with Gasteiger partial charge in [0.2, 0.25) is 5.95 Å². The second-order valence-electron chi connectivity index (χ2n) is 8.68. The molecule has 0 amide bonds. The lowest BCUT2D eigenvalue weighted by atomic mass is 9.80. The van der Waals surface area contributed by atoms with Crippen molar-refractivity contribution >= 4 is 23.1 Å². The Kier molecular flexibility index (Phi) is 5.58. The van der Waals surface area contributed by atoms with E-state index in [0.717, 1.165) is 28.8 Å². The van der Waals surface area contributed by atoms with Gasteiger partial charge in [0.15, 0.2) is 17.3 Å². The van der Waals surface area contributed by atoms with Crippen molar-refractivity contribution < 1.29 is 14.3 Å². The van der Waals surface area contributed by atoms with Gasteiger partial charge in [-0.1, -0.05) is 42.5 Å². The highest BCUT2D eigenvalue weighted by Crippen LogP contribution is 2.45. The van der Waals surface area contributed by atoms with Gasteiger partial charge in [0.1, 0.15) is 19.0 Å². The Hall–Kier alpha value is -3.91. The SMILES string of the molecule is COc1ccc([C@H]2C3=C(C[C@H](c4cccs4)CC3=O)Nc3ncnn32)cc1OCc1ccccc1. The molecule has 2 atom stereocenters. The zero-order chi connectivity index (χ0) is 23.8. The third-order valence-corrected chi connectivity index (χ3v) is 7.58. The van der Waals surface area contributed by atoms with Gasteiger partial charge >= 0.3 is 0 Å². The molecule has 0 radical (unpaired) electrons. The van der Waals surface area contributed by atoms with Gasteiger partial charge in [-0.3, -0.25) is 4.79 Å².